The van der Waals surface area contributed by atoms with Crippen molar-refractivity contribution in [1.29, 1.82) is 0 Å². The molecular weight excluding hydrogens is 343 g/mol. The Balaban J connectivity index is 1.99. The lowest BCUT2D eigenvalue weighted by molar-refractivity contribution is -0.0917. The average molecular weight is 358 g/mol. The van der Waals surface area contributed by atoms with Crippen LogP contribution in [0.25, 0.3) is 11.1 Å². The van der Waals surface area contributed by atoms with Crippen molar-refractivity contribution in [2.75, 3.05) is 13.2 Å². The number of carboxylic acids is 1. The van der Waals surface area contributed by atoms with Gasteiger partial charge in [0.2, 0.25) is 5.43 Å². The standard InChI is InChI=1S/C18H15FN2O5/c19-11-4-2-10(3-5-11)14-15-17(23)21-6-1-7-26-13(21)9-20(15)8-12(16(14)22)18(24)25/h2-5,8,13H,1,6-7,9H2,(H,24,25). The lowest BCUT2D eigenvalue weighted by atomic mass is 9.98. The molecule has 2 aliphatic heterocycles. The Labute approximate surface area is 147 Å². The number of aromatic nitrogens is 1. The third-order valence-electron chi connectivity index (χ3n) is 4.66. The van der Waals surface area contributed by atoms with Crippen LogP contribution in [0.3, 0.4) is 0 Å². The maximum atomic E-state index is 13.3. The fraction of sp³-hybridized carbons (Fsp3) is 0.278. The number of halogens is 1. The van der Waals surface area contributed by atoms with E-state index in [9.17, 15) is 23.9 Å². The van der Waals surface area contributed by atoms with Crippen LogP contribution < -0.4 is 5.43 Å². The van der Waals surface area contributed by atoms with Crippen molar-refractivity contribution in [2.24, 2.45) is 0 Å². The molecule has 1 amide bonds. The Morgan fingerprint density at radius 3 is 2.65 bits per heavy atom. The van der Waals surface area contributed by atoms with E-state index in [0.29, 0.717) is 25.1 Å². The number of amides is 1. The molecule has 0 saturated carbocycles. The molecular formula is C18H15FN2O5. The zero-order valence-corrected chi connectivity index (χ0v) is 13.6. The number of pyridine rings is 1. The largest absolute Gasteiger partial charge is 0.477 e. The van der Waals surface area contributed by atoms with Gasteiger partial charge in [-0.1, -0.05) is 12.1 Å². The van der Waals surface area contributed by atoms with Crippen molar-refractivity contribution in [3.05, 3.63) is 57.8 Å². The SMILES string of the molecule is O=C(O)c1cn2c(c(-c3ccc(F)cc3)c1=O)C(=O)N1CCCOC1C2. The Bertz CT molecular complexity index is 967. The number of hydrogen-bond donors (Lipinski definition) is 1. The fourth-order valence-corrected chi connectivity index (χ4v) is 3.45. The first kappa shape index (κ1) is 16.5. The minimum Gasteiger partial charge on any atom is -0.477 e. The molecule has 134 valence electrons. The molecule has 2 aromatic rings. The molecule has 7 nitrogen and oxygen atoms in total. The highest BCUT2D eigenvalue weighted by molar-refractivity contribution is 6.01. The molecule has 1 fully saturated rings. The second-order valence-corrected chi connectivity index (χ2v) is 6.24. The van der Waals surface area contributed by atoms with Crippen molar-refractivity contribution in [3.8, 4) is 11.1 Å². The second-order valence-electron chi connectivity index (χ2n) is 6.24. The predicted molar refractivity (Wildman–Crippen MR) is 88.4 cm³/mol. The van der Waals surface area contributed by atoms with E-state index in [0.717, 1.165) is 0 Å². The van der Waals surface area contributed by atoms with Gasteiger partial charge in [-0.15, -0.1) is 0 Å². The Morgan fingerprint density at radius 2 is 1.96 bits per heavy atom. The Hall–Kier alpha value is -3.00. The lowest BCUT2D eigenvalue weighted by Gasteiger charge is -2.40. The van der Waals surface area contributed by atoms with Crippen LogP contribution in [0.1, 0.15) is 27.3 Å². The van der Waals surface area contributed by atoms with Crippen LogP contribution >= 0.6 is 0 Å². The highest BCUT2D eigenvalue weighted by Crippen LogP contribution is 2.29. The van der Waals surface area contributed by atoms with Crippen LogP contribution in [-0.4, -0.2) is 45.8 Å². The molecule has 26 heavy (non-hydrogen) atoms. The van der Waals surface area contributed by atoms with Crippen molar-refractivity contribution in [2.45, 2.75) is 19.2 Å². The summed E-state index contributed by atoms with van der Waals surface area (Å²) in [5.41, 5.74) is -0.828. The van der Waals surface area contributed by atoms with Crippen LogP contribution in [-0.2, 0) is 11.3 Å². The molecule has 4 rings (SSSR count). The minimum atomic E-state index is -1.38. The van der Waals surface area contributed by atoms with Gasteiger partial charge in [0.25, 0.3) is 5.91 Å². The number of fused-ring (bicyclic) bond motifs is 2. The summed E-state index contributed by atoms with van der Waals surface area (Å²) < 4.78 is 20.3. The monoisotopic (exact) mass is 358 g/mol. The van der Waals surface area contributed by atoms with Crippen LogP contribution in [0, 0.1) is 5.82 Å². The van der Waals surface area contributed by atoms with Crippen molar-refractivity contribution >= 4 is 11.9 Å². The molecule has 1 aromatic carbocycles. The first-order valence-corrected chi connectivity index (χ1v) is 8.16. The number of carbonyl (C=O) groups excluding carboxylic acids is 1. The third kappa shape index (κ3) is 2.50. The van der Waals surface area contributed by atoms with E-state index < -0.39 is 34.9 Å². The normalized spacial score (nSPS) is 19.0. The van der Waals surface area contributed by atoms with E-state index in [2.05, 4.69) is 0 Å². The topological polar surface area (TPSA) is 88.8 Å². The maximum absolute atomic E-state index is 13.3. The van der Waals surface area contributed by atoms with Gasteiger partial charge in [-0.25, -0.2) is 9.18 Å². The smallest absolute Gasteiger partial charge is 0.341 e. The fourth-order valence-electron chi connectivity index (χ4n) is 3.45. The van der Waals surface area contributed by atoms with E-state index in [1.54, 1.807) is 4.90 Å². The molecule has 0 spiro atoms. The molecule has 1 N–H and O–H groups in total. The molecule has 0 bridgehead atoms. The molecule has 1 saturated heterocycles. The maximum Gasteiger partial charge on any atom is 0.341 e. The molecule has 0 aliphatic carbocycles. The summed E-state index contributed by atoms with van der Waals surface area (Å²) in [6, 6.07) is 5.06. The number of ether oxygens (including phenoxy) is 1. The highest BCUT2D eigenvalue weighted by atomic mass is 19.1. The minimum absolute atomic E-state index is 0.0288. The molecule has 1 unspecified atom stereocenters. The van der Waals surface area contributed by atoms with E-state index in [-0.39, 0.29) is 17.8 Å². The van der Waals surface area contributed by atoms with Crippen molar-refractivity contribution in [1.82, 2.24) is 9.47 Å². The zero-order chi connectivity index (χ0) is 18.4. The summed E-state index contributed by atoms with van der Waals surface area (Å²) in [5, 5.41) is 9.38. The number of nitrogens with zero attached hydrogens (tertiary/aromatic N) is 2. The van der Waals surface area contributed by atoms with Gasteiger partial charge in [-0.05, 0) is 24.1 Å². The number of carbonyl (C=O) groups is 2. The Morgan fingerprint density at radius 1 is 1.23 bits per heavy atom. The summed E-state index contributed by atoms with van der Waals surface area (Å²) in [4.78, 5) is 38.9. The highest BCUT2D eigenvalue weighted by Gasteiger charge is 2.38. The van der Waals surface area contributed by atoms with Crippen LogP contribution in [0.5, 0.6) is 0 Å². The summed E-state index contributed by atoms with van der Waals surface area (Å²) >= 11 is 0. The number of benzene rings is 1. The number of aromatic carboxylic acids is 1. The first-order chi connectivity index (χ1) is 12.5. The average Bonchev–Trinajstić information content (AvgIpc) is 2.63. The predicted octanol–water partition coefficient (Wildman–Crippen LogP) is 1.55. The number of hydrogen-bond acceptors (Lipinski definition) is 4. The molecule has 1 aromatic heterocycles. The molecule has 2 aliphatic rings. The van der Waals surface area contributed by atoms with Gasteiger partial charge in [0.1, 0.15) is 17.1 Å². The molecule has 1 atom stereocenters. The summed E-state index contributed by atoms with van der Waals surface area (Å²) in [6.07, 6.45) is 1.38. The Kier molecular flexibility index (Phi) is 3.84. The van der Waals surface area contributed by atoms with E-state index in [1.807, 2.05) is 0 Å². The number of rotatable bonds is 2. The zero-order valence-electron chi connectivity index (χ0n) is 13.6. The van der Waals surface area contributed by atoms with Crippen LogP contribution in [0.15, 0.2) is 35.3 Å². The van der Waals surface area contributed by atoms with Gasteiger partial charge >= 0.3 is 5.97 Å². The van der Waals surface area contributed by atoms with Gasteiger partial charge in [-0.3, -0.25) is 9.59 Å². The van der Waals surface area contributed by atoms with Crippen molar-refractivity contribution < 1.29 is 23.8 Å². The molecule has 3 heterocycles. The van der Waals surface area contributed by atoms with Crippen molar-refractivity contribution in [3.63, 3.8) is 0 Å². The quantitative estimate of drug-likeness (QED) is 0.880. The molecule has 0 radical (unpaired) electrons. The second kappa shape index (κ2) is 6.06. The summed E-state index contributed by atoms with van der Waals surface area (Å²) in [5.74, 6) is -2.27. The van der Waals surface area contributed by atoms with Gasteiger partial charge < -0.3 is 19.3 Å². The van der Waals surface area contributed by atoms with Crippen LogP contribution in [0.2, 0.25) is 0 Å². The van der Waals surface area contributed by atoms with Crippen LogP contribution in [0.4, 0.5) is 4.39 Å². The summed E-state index contributed by atoms with van der Waals surface area (Å²) in [7, 11) is 0. The van der Waals surface area contributed by atoms with Gasteiger partial charge in [0, 0.05) is 12.7 Å². The summed E-state index contributed by atoms with van der Waals surface area (Å²) in [6.45, 7) is 1.25. The lowest BCUT2D eigenvalue weighted by Crippen LogP contribution is -2.53. The van der Waals surface area contributed by atoms with E-state index in [4.69, 9.17) is 4.74 Å². The van der Waals surface area contributed by atoms with Gasteiger partial charge in [-0.2, -0.15) is 0 Å². The number of carboxylic acid groups (broad SMARTS) is 1. The third-order valence-corrected chi connectivity index (χ3v) is 4.66. The first-order valence-electron chi connectivity index (χ1n) is 8.16. The molecule has 8 heteroatoms. The van der Waals surface area contributed by atoms with Gasteiger partial charge in [0.15, 0.2) is 6.23 Å². The van der Waals surface area contributed by atoms with Gasteiger partial charge in [0.05, 0.1) is 18.7 Å². The van der Waals surface area contributed by atoms with E-state index in [1.165, 1.54) is 35.0 Å². The van der Waals surface area contributed by atoms with E-state index >= 15 is 0 Å².